The van der Waals surface area contributed by atoms with Crippen LogP contribution in [0.5, 0.6) is 0 Å². The first-order chi connectivity index (χ1) is 6.67. The number of carbonyl (C=O) groups is 2. The quantitative estimate of drug-likeness (QED) is 0.177. The smallest absolute Gasteiger partial charge is 0.345 e. The molecular formula is C9H9NO4. The number of aliphatic hydroxyl groups excluding tert-OH is 1. The minimum Gasteiger partial charge on any atom is -0.515 e. The number of ketones is 1. The molecule has 0 radical (unpaired) electrons. The highest BCUT2D eigenvalue weighted by atomic mass is 16.5. The summed E-state index contributed by atoms with van der Waals surface area (Å²) in [6, 6.07) is 1.59. The van der Waals surface area contributed by atoms with E-state index >= 15 is 0 Å². The van der Waals surface area contributed by atoms with Crippen molar-refractivity contribution in [1.82, 2.24) is 0 Å². The molecule has 0 saturated carbocycles. The van der Waals surface area contributed by atoms with Gasteiger partial charge in [0.1, 0.15) is 5.57 Å². The molecule has 0 bridgehead atoms. The average molecular weight is 195 g/mol. The van der Waals surface area contributed by atoms with Crippen molar-refractivity contribution < 1.29 is 19.4 Å². The third-order valence-corrected chi connectivity index (χ3v) is 1.20. The second-order valence-electron chi connectivity index (χ2n) is 2.09. The fourth-order valence-corrected chi connectivity index (χ4v) is 0.628. The van der Waals surface area contributed by atoms with Gasteiger partial charge in [-0.25, -0.2) is 4.79 Å². The Labute approximate surface area is 80.9 Å². The minimum absolute atomic E-state index is 0.103. The van der Waals surface area contributed by atoms with E-state index in [1.54, 1.807) is 13.0 Å². The predicted octanol–water partition coefficient (Wildman–Crippen LogP) is 0.640. The number of rotatable bonds is 4. The molecule has 1 N–H and O–H groups in total. The maximum Gasteiger partial charge on any atom is 0.345 e. The van der Waals surface area contributed by atoms with E-state index in [1.165, 1.54) is 0 Å². The van der Waals surface area contributed by atoms with Crippen molar-refractivity contribution in [1.29, 1.82) is 5.26 Å². The first kappa shape index (κ1) is 11.9. The van der Waals surface area contributed by atoms with Gasteiger partial charge in [0, 0.05) is 6.08 Å². The van der Waals surface area contributed by atoms with E-state index in [9.17, 15) is 9.59 Å². The monoisotopic (exact) mass is 195 g/mol. The molecule has 0 aromatic heterocycles. The lowest BCUT2D eigenvalue weighted by molar-refractivity contribution is -0.139. The summed E-state index contributed by atoms with van der Waals surface area (Å²) < 4.78 is 4.49. The normalized spacial score (nSPS) is 11.0. The Morgan fingerprint density at radius 2 is 2.21 bits per heavy atom. The first-order valence-electron chi connectivity index (χ1n) is 3.79. The second-order valence-corrected chi connectivity index (χ2v) is 2.09. The number of ether oxygens (including phenoxy) is 1. The van der Waals surface area contributed by atoms with Crippen LogP contribution in [0.2, 0.25) is 0 Å². The summed E-state index contributed by atoms with van der Waals surface area (Å²) in [6.45, 7) is 1.67. The molecule has 0 aliphatic carbocycles. The fraction of sp³-hybridized carbons (Fsp3) is 0.222. The van der Waals surface area contributed by atoms with Gasteiger partial charge in [-0.05, 0) is 13.0 Å². The molecular weight excluding hydrogens is 186 g/mol. The Kier molecular flexibility index (Phi) is 5.47. The van der Waals surface area contributed by atoms with Crippen molar-refractivity contribution in [2.75, 3.05) is 6.61 Å². The molecule has 0 aliphatic heterocycles. The van der Waals surface area contributed by atoms with Crippen molar-refractivity contribution in [2.45, 2.75) is 6.92 Å². The molecule has 0 fully saturated rings. The largest absolute Gasteiger partial charge is 0.515 e. The van der Waals surface area contributed by atoms with E-state index in [-0.39, 0.29) is 6.61 Å². The predicted molar refractivity (Wildman–Crippen MR) is 47.1 cm³/mol. The molecule has 0 spiro atoms. The molecule has 0 rings (SSSR count). The highest BCUT2D eigenvalue weighted by Crippen LogP contribution is 2.00. The van der Waals surface area contributed by atoms with Gasteiger partial charge in [-0.2, -0.15) is 5.26 Å². The van der Waals surface area contributed by atoms with Crippen LogP contribution in [0.25, 0.3) is 0 Å². The zero-order chi connectivity index (χ0) is 11.0. The van der Waals surface area contributed by atoms with E-state index in [0.717, 1.165) is 12.2 Å². The molecule has 5 nitrogen and oxygen atoms in total. The lowest BCUT2D eigenvalue weighted by Gasteiger charge is -2.00. The standard InChI is InChI=1S/C9H9NO4/c1-2-14-9(13)7(6-11)8(12)4-3-5-10/h3-4,6,11H,2H2,1H3/b4-3?,7-6-. The number of hydrogen-bond acceptors (Lipinski definition) is 5. The van der Waals surface area contributed by atoms with Crippen molar-refractivity contribution in [2.24, 2.45) is 0 Å². The summed E-state index contributed by atoms with van der Waals surface area (Å²) in [6.07, 6.45) is 2.14. The summed E-state index contributed by atoms with van der Waals surface area (Å²) in [5, 5.41) is 16.7. The molecule has 5 heteroatoms. The van der Waals surface area contributed by atoms with Gasteiger partial charge >= 0.3 is 5.97 Å². The number of hydrogen-bond donors (Lipinski definition) is 1. The highest BCUT2D eigenvalue weighted by molar-refractivity contribution is 6.21. The molecule has 0 aliphatic rings. The third-order valence-electron chi connectivity index (χ3n) is 1.20. The summed E-state index contributed by atoms with van der Waals surface area (Å²) in [5.41, 5.74) is -0.502. The van der Waals surface area contributed by atoms with Crippen LogP contribution in [0.3, 0.4) is 0 Å². The summed E-state index contributed by atoms with van der Waals surface area (Å²) >= 11 is 0. The van der Waals surface area contributed by atoms with E-state index in [4.69, 9.17) is 10.4 Å². The van der Waals surface area contributed by atoms with Crippen molar-refractivity contribution in [3.8, 4) is 6.07 Å². The molecule has 0 unspecified atom stereocenters. The van der Waals surface area contributed by atoms with Gasteiger partial charge in [0.15, 0.2) is 5.78 Å². The van der Waals surface area contributed by atoms with Crippen LogP contribution in [0.4, 0.5) is 0 Å². The van der Waals surface area contributed by atoms with Crippen LogP contribution in [0.1, 0.15) is 6.92 Å². The fourth-order valence-electron chi connectivity index (χ4n) is 0.628. The molecule has 0 aromatic carbocycles. The third kappa shape index (κ3) is 3.54. The highest BCUT2D eigenvalue weighted by Gasteiger charge is 2.17. The van der Waals surface area contributed by atoms with Gasteiger partial charge in [0.25, 0.3) is 0 Å². The van der Waals surface area contributed by atoms with Crippen molar-refractivity contribution >= 4 is 11.8 Å². The maximum atomic E-state index is 11.1. The number of aliphatic hydroxyl groups is 1. The van der Waals surface area contributed by atoms with E-state index in [0.29, 0.717) is 6.26 Å². The van der Waals surface area contributed by atoms with Gasteiger partial charge in [-0.1, -0.05) is 0 Å². The summed E-state index contributed by atoms with van der Waals surface area (Å²) in [7, 11) is 0. The summed E-state index contributed by atoms with van der Waals surface area (Å²) in [4.78, 5) is 22.1. The van der Waals surface area contributed by atoms with Gasteiger partial charge in [-0.15, -0.1) is 0 Å². The Bertz CT molecular complexity index is 322. The minimum atomic E-state index is -0.914. The van der Waals surface area contributed by atoms with Gasteiger partial charge in [0.05, 0.1) is 18.9 Å². The Hall–Kier alpha value is -2.09. The lowest BCUT2D eigenvalue weighted by atomic mass is 10.2. The summed E-state index contributed by atoms with van der Waals surface area (Å²) in [5.74, 6) is -1.69. The van der Waals surface area contributed by atoms with Crippen molar-refractivity contribution in [3.05, 3.63) is 24.0 Å². The van der Waals surface area contributed by atoms with Crippen LogP contribution in [0.15, 0.2) is 24.0 Å². The first-order valence-corrected chi connectivity index (χ1v) is 3.79. The maximum absolute atomic E-state index is 11.1. The second kappa shape index (κ2) is 6.43. The molecule has 0 heterocycles. The number of nitrogens with zero attached hydrogens (tertiary/aromatic N) is 1. The van der Waals surface area contributed by atoms with Gasteiger partial charge < -0.3 is 9.84 Å². The molecule has 0 atom stereocenters. The van der Waals surface area contributed by atoms with E-state index in [1.807, 2.05) is 0 Å². The zero-order valence-corrected chi connectivity index (χ0v) is 7.56. The number of esters is 1. The Balaban J connectivity index is 4.60. The molecule has 14 heavy (non-hydrogen) atoms. The molecule has 0 aromatic rings. The number of nitriles is 1. The number of allylic oxidation sites excluding steroid dienone is 2. The van der Waals surface area contributed by atoms with E-state index in [2.05, 4.69) is 4.74 Å². The van der Waals surface area contributed by atoms with Gasteiger partial charge in [0.2, 0.25) is 0 Å². The topological polar surface area (TPSA) is 87.4 Å². The van der Waals surface area contributed by atoms with Crippen LogP contribution < -0.4 is 0 Å². The van der Waals surface area contributed by atoms with Crippen LogP contribution in [0, 0.1) is 11.3 Å². The SMILES string of the molecule is CCOC(=O)/C(=C\O)C(=O)C=CC#N. The Morgan fingerprint density at radius 1 is 1.57 bits per heavy atom. The van der Waals surface area contributed by atoms with Gasteiger partial charge in [-0.3, -0.25) is 4.79 Å². The van der Waals surface area contributed by atoms with E-state index < -0.39 is 17.3 Å². The molecule has 74 valence electrons. The van der Waals surface area contributed by atoms with Crippen LogP contribution in [-0.2, 0) is 14.3 Å². The molecule has 0 saturated heterocycles. The average Bonchev–Trinajstić information content (AvgIpc) is 2.16. The van der Waals surface area contributed by atoms with Crippen LogP contribution in [-0.4, -0.2) is 23.5 Å². The van der Waals surface area contributed by atoms with Crippen molar-refractivity contribution in [3.63, 3.8) is 0 Å². The number of carbonyl (C=O) groups excluding carboxylic acids is 2. The Morgan fingerprint density at radius 3 is 2.64 bits per heavy atom. The molecule has 0 amide bonds. The lowest BCUT2D eigenvalue weighted by Crippen LogP contribution is -2.14. The zero-order valence-electron chi connectivity index (χ0n) is 7.56. The van der Waals surface area contributed by atoms with Crippen LogP contribution >= 0.6 is 0 Å².